The third-order valence-corrected chi connectivity index (χ3v) is 6.72. The maximum Gasteiger partial charge on any atom is 0.230 e. The summed E-state index contributed by atoms with van der Waals surface area (Å²) in [6.07, 6.45) is 2.36. The van der Waals surface area contributed by atoms with Crippen LogP contribution in [0.1, 0.15) is 11.3 Å². The van der Waals surface area contributed by atoms with Gasteiger partial charge in [0.1, 0.15) is 11.5 Å². The van der Waals surface area contributed by atoms with Gasteiger partial charge in [-0.15, -0.1) is 11.8 Å². The van der Waals surface area contributed by atoms with Crippen molar-refractivity contribution < 1.29 is 9.53 Å². The first kappa shape index (κ1) is 22.8. The third kappa shape index (κ3) is 5.26. The van der Waals surface area contributed by atoms with E-state index in [-0.39, 0.29) is 5.91 Å². The average Bonchev–Trinajstić information content (AvgIpc) is 3.18. The molecule has 1 amide bonds. The predicted octanol–water partition coefficient (Wildman–Crippen LogP) is 7.39. The first-order valence-corrected chi connectivity index (χ1v) is 12.7. The summed E-state index contributed by atoms with van der Waals surface area (Å²) in [5.41, 5.74) is 4.12. The Hall–Kier alpha value is -3.96. The van der Waals surface area contributed by atoms with Crippen LogP contribution in [0.4, 0.5) is 5.69 Å². The molecule has 0 aliphatic rings. The van der Waals surface area contributed by atoms with Gasteiger partial charge in [0.05, 0.1) is 6.42 Å². The molecule has 1 N–H and O–H groups in total. The number of aromatic nitrogens is 1. The molecule has 0 spiro atoms. The molecule has 5 aromatic rings. The molecule has 5 heteroatoms. The van der Waals surface area contributed by atoms with E-state index in [2.05, 4.69) is 52.5 Å². The molecule has 5 rings (SSSR count). The number of thioether (sulfide) groups is 1. The van der Waals surface area contributed by atoms with Crippen LogP contribution in [0.5, 0.6) is 11.5 Å². The first-order valence-electron chi connectivity index (χ1n) is 11.5. The van der Waals surface area contributed by atoms with Crippen molar-refractivity contribution >= 4 is 34.3 Å². The molecular weight excluding hydrogens is 452 g/mol. The van der Waals surface area contributed by atoms with Crippen molar-refractivity contribution in [3.63, 3.8) is 0 Å². The minimum Gasteiger partial charge on any atom is -0.457 e. The molecule has 0 fully saturated rings. The van der Waals surface area contributed by atoms with E-state index in [0.717, 1.165) is 39.8 Å². The van der Waals surface area contributed by atoms with Gasteiger partial charge in [-0.05, 0) is 54.3 Å². The molecule has 0 bridgehead atoms. The van der Waals surface area contributed by atoms with E-state index in [9.17, 15) is 4.79 Å². The fourth-order valence-corrected chi connectivity index (χ4v) is 5.07. The van der Waals surface area contributed by atoms with Gasteiger partial charge in [0.2, 0.25) is 5.91 Å². The van der Waals surface area contributed by atoms with Crippen LogP contribution < -0.4 is 10.1 Å². The third-order valence-electron chi connectivity index (χ3n) is 5.86. The van der Waals surface area contributed by atoms with E-state index in [4.69, 9.17) is 4.74 Å². The summed E-state index contributed by atoms with van der Waals surface area (Å²) < 4.78 is 8.12. The molecule has 0 saturated carbocycles. The highest BCUT2D eigenvalue weighted by Gasteiger charge is 2.19. The van der Waals surface area contributed by atoms with Gasteiger partial charge in [-0.1, -0.05) is 66.7 Å². The van der Waals surface area contributed by atoms with Gasteiger partial charge < -0.3 is 14.6 Å². The second kappa shape index (κ2) is 10.5. The summed E-state index contributed by atoms with van der Waals surface area (Å²) in [5.74, 6) is 1.45. The molecule has 4 nitrogen and oxygen atoms in total. The molecule has 0 aliphatic heterocycles. The number of amides is 1. The van der Waals surface area contributed by atoms with Gasteiger partial charge in [0, 0.05) is 33.7 Å². The van der Waals surface area contributed by atoms with Gasteiger partial charge >= 0.3 is 0 Å². The number of ether oxygens (including phenoxy) is 1. The molecular formula is C30H26N2O2S. The number of nitrogens with zero attached hydrogens (tertiary/aromatic N) is 1. The monoisotopic (exact) mass is 478 g/mol. The van der Waals surface area contributed by atoms with Crippen LogP contribution in [0.3, 0.4) is 0 Å². The van der Waals surface area contributed by atoms with E-state index in [1.165, 1.54) is 10.9 Å². The van der Waals surface area contributed by atoms with Crippen molar-refractivity contribution in [3.8, 4) is 11.5 Å². The largest absolute Gasteiger partial charge is 0.457 e. The normalized spacial score (nSPS) is 10.9. The quantitative estimate of drug-likeness (QED) is 0.237. The number of benzene rings is 4. The Morgan fingerprint density at radius 3 is 2.14 bits per heavy atom. The Kier molecular flexibility index (Phi) is 6.87. The number of rotatable bonds is 8. The van der Waals surface area contributed by atoms with Crippen LogP contribution in [0.2, 0.25) is 0 Å². The van der Waals surface area contributed by atoms with Crippen molar-refractivity contribution in [3.05, 3.63) is 120 Å². The lowest BCUT2D eigenvalue weighted by atomic mass is 10.2. The number of fused-ring (bicyclic) bond motifs is 1. The van der Waals surface area contributed by atoms with Crippen molar-refractivity contribution in [2.75, 3.05) is 11.6 Å². The molecule has 0 radical (unpaired) electrons. The van der Waals surface area contributed by atoms with Crippen LogP contribution >= 0.6 is 11.8 Å². The summed E-state index contributed by atoms with van der Waals surface area (Å²) in [4.78, 5) is 14.3. The van der Waals surface area contributed by atoms with Crippen LogP contribution in [-0.4, -0.2) is 16.7 Å². The molecule has 0 aliphatic carbocycles. The molecule has 0 unspecified atom stereocenters. The number of nitrogens with one attached hydrogen (secondary N) is 1. The first-order chi connectivity index (χ1) is 17.2. The summed E-state index contributed by atoms with van der Waals surface area (Å²) in [6.45, 7) is 0.718. The molecule has 35 heavy (non-hydrogen) atoms. The highest BCUT2D eigenvalue weighted by Crippen LogP contribution is 2.34. The summed E-state index contributed by atoms with van der Waals surface area (Å²) in [6, 6.07) is 35.8. The molecule has 4 aromatic carbocycles. The predicted molar refractivity (Wildman–Crippen MR) is 145 cm³/mol. The maximum atomic E-state index is 13.1. The van der Waals surface area contributed by atoms with Gasteiger partial charge in [-0.2, -0.15) is 0 Å². The van der Waals surface area contributed by atoms with Crippen molar-refractivity contribution in [2.24, 2.45) is 0 Å². The van der Waals surface area contributed by atoms with E-state index >= 15 is 0 Å². The smallest absolute Gasteiger partial charge is 0.230 e. The summed E-state index contributed by atoms with van der Waals surface area (Å²) in [7, 11) is 0. The van der Waals surface area contributed by atoms with Crippen molar-refractivity contribution in [2.45, 2.75) is 17.9 Å². The second-order valence-electron chi connectivity index (χ2n) is 8.23. The lowest BCUT2D eigenvalue weighted by Gasteiger charge is -2.13. The molecule has 0 saturated heterocycles. The Labute approximate surface area is 209 Å². The Morgan fingerprint density at radius 2 is 1.43 bits per heavy atom. The lowest BCUT2D eigenvalue weighted by molar-refractivity contribution is -0.115. The fraction of sp³-hybridized carbons (Fsp3) is 0.100. The van der Waals surface area contributed by atoms with Crippen LogP contribution in [0.25, 0.3) is 10.9 Å². The molecule has 0 atom stereocenters. The van der Waals surface area contributed by atoms with Crippen LogP contribution in [0.15, 0.2) is 114 Å². The zero-order valence-corrected chi connectivity index (χ0v) is 20.3. The number of hydrogen-bond acceptors (Lipinski definition) is 3. The summed E-state index contributed by atoms with van der Waals surface area (Å²) >= 11 is 1.69. The van der Waals surface area contributed by atoms with E-state index in [1.54, 1.807) is 11.8 Å². The number of carbonyl (C=O) groups excluding carboxylic acids is 1. The number of hydrogen-bond donors (Lipinski definition) is 1. The maximum absolute atomic E-state index is 13.1. The molecule has 174 valence electrons. The highest BCUT2D eigenvalue weighted by atomic mass is 32.2. The topological polar surface area (TPSA) is 43.3 Å². The second-order valence-corrected chi connectivity index (χ2v) is 9.05. The Morgan fingerprint density at radius 1 is 0.800 bits per heavy atom. The minimum atomic E-state index is -0.0471. The van der Waals surface area contributed by atoms with Gasteiger partial charge in [-0.25, -0.2) is 0 Å². The zero-order chi connectivity index (χ0) is 24.0. The fourth-order valence-electron chi connectivity index (χ4n) is 4.26. The van der Waals surface area contributed by atoms with E-state index < -0.39 is 0 Å². The number of anilines is 1. The van der Waals surface area contributed by atoms with Crippen LogP contribution in [-0.2, 0) is 17.8 Å². The van der Waals surface area contributed by atoms with Gasteiger partial charge in [0.25, 0.3) is 0 Å². The summed E-state index contributed by atoms with van der Waals surface area (Å²) in [5, 5.41) is 4.23. The Bertz CT molecular complexity index is 1430. The number of carbonyl (C=O) groups is 1. The van der Waals surface area contributed by atoms with Gasteiger partial charge in [0.15, 0.2) is 0 Å². The highest BCUT2D eigenvalue weighted by molar-refractivity contribution is 7.98. The van der Waals surface area contributed by atoms with E-state index in [0.29, 0.717) is 6.42 Å². The van der Waals surface area contributed by atoms with E-state index in [1.807, 2.05) is 72.8 Å². The van der Waals surface area contributed by atoms with Crippen molar-refractivity contribution in [1.29, 1.82) is 0 Å². The lowest BCUT2D eigenvalue weighted by Crippen LogP contribution is -2.17. The minimum absolute atomic E-state index is 0.0471. The Balaban J connectivity index is 1.37. The SMILES string of the molecule is CSc1c(CC(=O)Nc2ccc(Oc3ccccc3)cc2)n(Cc2ccccc2)c2ccccc12. The molecule has 1 heterocycles. The standard InChI is InChI=1S/C30H26N2O2S/c1-35-30-26-14-8-9-15-27(26)32(21-22-10-4-2-5-11-22)28(30)20-29(33)31-23-16-18-25(19-17-23)34-24-12-6-3-7-13-24/h2-19H,20-21H2,1H3,(H,31,33). The molecule has 1 aromatic heterocycles. The average molecular weight is 479 g/mol. The zero-order valence-electron chi connectivity index (χ0n) is 19.5. The van der Waals surface area contributed by atoms with Crippen LogP contribution in [0, 0.1) is 0 Å². The van der Waals surface area contributed by atoms with Crippen molar-refractivity contribution in [1.82, 2.24) is 4.57 Å². The number of para-hydroxylation sites is 2. The van der Waals surface area contributed by atoms with Gasteiger partial charge in [-0.3, -0.25) is 4.79 Å².